The average Bonchev–Trinajstić information content (AvgIpc) is 2.46. The molecule has 5 heteroatoms. The Kier molecular flexibility index (Phi) is 5.79. The molecule has 0 heterocycles. The number of nitrogens with two attached hydrogens (primary N) is 2. The van der Waals surface area contributed by atoms with Gasteiger partial charge in [0.05, 0.1) is 5.71 Å². The molecular formula is C18H21N3O2. The lowest BCUT2D eigenvalue weighted by Gasteiger charge is -2.10. The van der Waals surface area contributed by atoms with Crippen molar-refractivity contribution < 1.29 is 9.59 Å². The summed E-state index contributed by atoms with van der Waals surface area (Å²) >= 11 is 0. The molecule has 1 aromatic rings. The molecule has 1 amide bonds. The molecule has 4 N–H and O–H groups in total. The largest absolute Gasteiger partial charge is 0.399 e. The standard InChI is InChI=1S/C18H21N3O2/c1-10(2)16(12(4)22)9-17(21-5)14-6-13(11(3)19)7-15(8-14)18(20)23/h6-9H,1,3,19H2,2,4-5H3,(H2,20,23)/b16-9+,21-17?. The van der Waals surface area contributed by atoms with Crippen LogP contribution in [0.2, 0.25) is 0 Å². The summed E-state index contributed by atoms with van der Waals surface area (Å²) in [6, 6.07) is 4.91. The minimum absolute atomic E-state index is 0.117. The molecule has 0 unspecified atom stereocenters. The molecule has 1 aromatic carbocycles. The Labute approximate surface area is 136 Å². The fraction of sp³-hybridized carbons (Fsp3) is 0.167. The van der Waals surface area contributed by atoms with E-state index in [4.69, 9.17) is 11.5 Å². The third kappa shape index (κ3) is 4.51. The Bertz CT molecular complexity index is 707. The fourth-order valence-electron chi connectivity index (χ4n) is 2.04. The molecule has 0 saturated heterocycles. The van der Waals surface area contributed by atoms with Gasteiger partial charge in [0.2, 0.25) is 5.91 Å². The van der Waals surface area contributed by atoms with Gasteiger partial charge < -0.3 is 11.5 Å². The van der Waals surface area contributed by atoms with Gasteiger partial charge in [0.15, 0.2) is 5.78 Å². The number of Topliss-reactive ketones (excluding diaryl/α,β-unsaturated/α-hetero) is 1. The number of primary amides is 1. The number of rotatable bonds is 6. The van der Waals surface area contributed by atoms with Crippen LogP contribution in [0.15, 0.2) is 53.6 Å². The summed E-state index contributed by atoms with van der Waals surface area (Å²) in [5, 5.41) is 0. The van der Waals surface area contributed by atoms with Gasteiger partial charge in [0.25, 0.3) is 0 Å². The van der Waals surface area contributed by atoms with E-state index in [-0.39, 0.29) is 5.78 Å². The first kappa shape index (κ1) is 18.1. The smallest absolute Gasteiger partial charge is 0.248 e. The van der Waals surface area contributed by atoms with Crippen molar-refractivity contribution in [3.8, 4) is 0 Å². The van der Waals surface area contributed by atoms with E-state index in [1.807, 2.05) is 0 Å². The van der Waals surface area contributed by atoms with E-state index in [0.717, 1.165) is 0 Å². The number of carbonyl (C=O) groups excluding carboxylic acids is 2. The van der Waals surface area contributed by atoms with Gasteiger partial charge in [-0.1, -0.05) is 13.2 Å². The summed E-state index contributed by atoms with van der Waals surface area (Å²) < 4.78 is 0. The molecule has 0 aliphatic heterocycles. The number of hydrogen-bond donors (Lipinski definition) is 2. The molecule has 23 heavy (non-hydrogen) atoms. The molecule has 120 valence electrons. The van der Waals surface area contributed by atoms with Crippen LogP contribution in [-0.4, -0.2) is 24.4 Å². The highest BCUT2D eigenvalue weighted by molar-refractivity contribution is 6.15. The normalized spacial score (nSPS) is 12.0. The maximum Gasteiger partial charge on any atom is 0.248 e. The van der Waals surface area contributed by atoms with E-state index in [0.29, 0.717) is 39.2 Å². The van der Waals surface area contributed by atoms with Gasteiger partial charge in [-0.25, -0.2) is 0 Å². The molecule has 0 aliphatic carbocycles. The van der Waals surface area contributed by atoms with E-state index in [1.165, 1.54) is 6.92 Å². The van der Waals surface area contributed by atoms with Crippen LogP contribution in [0.1, 0.15) is 35.3 Å². The molecular weight excluding hydrogens is 290 g/mol. The van der Waals surface area contributed by atoms with Crippen LogP contribution < -0.4 is 11.5 Å². The van der Waals surface area contributed by atoms with Crippen molar-refractivity contribution >= 4 is 23.1 Å². The lowest BCUT2D eigenvalue weighted by molar-refractivity contribution is -0.113. The lowest BCUT2D eigenvalue weighted by atomic mass is 9.97. The average molecular weight is 311 g/mol. The topological polar surface area (TPSA) is 98.5 Å². The molecule has 0 fully saturated rings. The second-order valence-corrected chi connectivity index (χ2v) is 5.19. The number of amides is 1. The van der Waals surface area contributed by atoms with Crippen LogP contribution in [0.3, 0.4) is 0 Å². The summed E-state index contributed by atoms with van der Waals surface area (Å²) in [5.74, 6) is -0.700. The van der Waals surface area contributed by atoms with E-state index < -0.39 is 5.91 Å². The van der Waals surface area contributed by atoms with Gasteiger partial charge in [0.1, 0.15) is 0 Å². The highest BCUT2D eigenvalue weighted by atomic mass is 16.1. The van der Waals surface area contributed by atoms with Crippen molar-refractivity contribution in [2.45, 2.75) is 13.8 Å². The van der Waals surface area contributed by atoms with Gasteiger partial charge in [-0.05, 0) is 49.3 Å². The molecule has 5 nitrogen and oxygen atoms in total. The van der Waals surface area contributed by atoms with Crippen molar-refractivity contribution in [1.29, 1.82) is 0 Å². The molecule has 0 bridgehead atoms. The summed E-state index contributed by atoms with van der Waals surface area (Å²) in [4.78, 5) is 27.4. The van der Waals surface area contributed by atoms with Gasteiger partial charge >= 0.3 is 0 Å². The van der Waals surface area contributed by atoms with E-state index in [9.17, 15) is 9.59 Å². The van der Waals surface area contributed by atoms with Crippen LogP contribution in [-0.2, 0) is 4.79 Å². The number of hydrogen-bond acceptors (Lipinski definition) is 4. The first-order valence-electron chi connectivity index (χ1n) is 6.92. The molecule has 1 rings (SSSR count). The number of aliphatic imine (C=N–C) groups is 1. The predicted octanol–water partition coefficient (Wildman–Crippen LogP) is 2.23. The quantitative estimate of drug-likeness (QED) is 0.479. The Balaban J connectivity index is 3.56. The van der Waals surface area contributed by atoms with Gasteiger partial charge in [-0.2, -0.15) is 0 Å². The van der Waals surface area contributed by atoms with Crippen molar-refractivity contribution in [3.05, 3.63) is 65.3 Å². The first-order valence-corrected chi connectivity index (χ1v) is 6.92. The van der Waals surface area contributed by atoms with Crippen LogP contribution in [0.25, 0.3) is 5.70 Å². The predicted molar refractivity (Wildman–Crippen MR) is 94.2 cm³/mol. The van der Waals surface area contributed by atoms with Crippen molar-refractivity contribution in [2.75, 3.05) is 7.05 Å². The third-order valence-electron chi connectivity index (χ3n) is 3.25. The Hall–Kier alpha value is -2.95. The van der Waals surface area contributed by atoms with Crippen molar-refractivity contribution in [3.63, 3.8) is 0 Å². The SMILES string of the molecule is C=C(C)/C(=C\C(=NC)c1cc(C(=C)N)cc(C(N)=O)c1)C(C)=O. The Morgan fingerprint density at radius 3 is 1.96 bits per heavy atom. The summed E-state index contributed by atoms with van der Waals surface area (Å²) in [6.45, 7) is 10.7. The summed E-state index contributed by atoms with van der Waals surface area (Å²) in [5.41, 5.74) is 14.5. The second-order valence-electron chi connectivity index (χ2n) is 5.19. The number of carbonyl (C=O) groups is 2. The fourth-order valence-corrected chi connectivity index (χ4v) is 2.04. The van der Waals surface area contributed by atoms with Crippen LogP contribution in [0.4, 0.5) is 0 Å². The number of ketones is 1. The summed E-state index contributed by atoms with van der Waals surface area (Å²) in [7, 11) is 1.59. The molecule has 0 radical (unpaired) electrons. The summed E-state index contributed by atoms with van der Waals surface area (Å²) in [6.07, 6.45) is 1.63. The Morgan fingerprint density at radius 2 is 1.57 bits per heavy atom. The van der Waals surface area contributed by atoms with Crippen LogP contribution >= 0.6 is 0 Å². The highest BCUT2D eigenvalue weighted by Crippen LogP contribution is 2.18. The van der Waals surface area contributed by atoms with E-state index in [2.05, 4.69) is 18.2 Å². The molecule has 0 aliphatic rings. The van der Waals surface area contributed by atoms with Crippen LogP contribution in [0.5, 0.6) is 0 Å². The van der Waals surface area contributed by atoms with Gasteiger partial charge in [-0.3, -0.25) is 14.6 Å². The van der Waals surface area contributed by atoms with E-state index in [1.54, 1.807) is 38.2 Å². The minimum Gasteiger partial charge on any atom is -0.399 e. The number of benzene rings is 1. The molecule has 0 saturated carbocycles. The second kappa shape index (κ2) is 7.35. The highest BCUT2D eigenvalue weighted by Gasteiger charge is 2.12. The molecule has 0 aromatic heterocycles. The number of allylic oxidation sites excluding steroid dienone is 3. The minimum atomic E-state index is -0.583. The van der Waals surface area contributed by atoms with Crippen molar-refractivity contribution in [2.24, 2.45) is 16.5 Å². The van der Waals surface area contributed by atoms with Crippen molar-refractivity contribution in [1.82, 2.24) is 0 Å². The monoisotopic (exact) mass is 311 g/mol. The maximum absolute atomic E-state index is 11.7. The lowest BCUT2D eigenvalue weighted by Crippen LogP contribution is -2.14. The third-order valence-corrected chi connectivity index (χ3v) is 3.25. The van der Waals surface area contributed by atoms with E-state index >= 15 is 0 Å². The van der Waals surface area contributed by atoms with Gasteiger partial charge in [0, 0.05) is 29.4 Å². The zero-order chi connectivity index (χ0) is 17.7. The molecule has 0 spiro atoms. The Morgan fingerprint density at radius 1 is 1.04 bits per heavy atom. The zero-order valence-electron chi connectivity index (χ0n) is 13.6. The maximum atomic E-state index is 11.7. The van der Waals surface area contributed by atoms with Gasteiger partial charge in [-0.15, -0.1) is 0 Å². The first-order chi connectivity index (χ1) is 10.7. The molecule has 0 atom stereocenters. The number of nitrogens with zero attached hydrogens (tertiary/aromatic N) is 1. The van der Waals surface area contributed by atoms with Crippen LogP contribution in [0, 0.1) is 0 Å². The zero-order valence-corrected chi connectivity index (χ0v) is 13.6.